The second-order valence-corrected chi connectivity index (χ2v) is 4.57. The average Bonchev–Trinajstić information content (AvgIpc) is 3.17. The van der Waals surface area contributed by atoms with Gasteiger partial charge in [-0.05, 0) is 40.8 Å². The highest BCUT2D eigenvalue weighted by Crippen LogP contribution is 2.43. The fourth-order valence-corrected chi connectivity index (χ4v) is 2.03. The number of hydrogen-bond acceptors (Lipinski definition) is 5. The van der Waals surface area contributed by atoms with E-state index >= 15 is 0 Å². The maximum absolute atomic E-state index is 11.9. The van der Waals surface area contributed by atoms with Crippen LogP contribution in [-0.4, -0.2) is 24.7 Å². The minimum Gasteiger partial charge on any atom is -0.258 e. The normalized spacial score (nSPS) is 14.6. The Labute approximate surface area is 107 Å². The zero-order valence-electron chi connectivity index (χ0n) is 10.2. The third-order valence-corrected chi connectivity index (χ3v) is 3.19. The summed E-state index contributed by atoms with van der Waals surface area (Å²) in [5.41, 5.74) is 0.891. The molecule has 0 spiro atoms. The lowest BCUT2D eigenvalue weighted by atomic mass is 10.1. The van der Waals surface area contributed by atoms with E-state index in [2.05, 4.69) is 10.4 Å². The summed E-state index contributed by atoms with van der Waals surface area (Å²) in [6, 6.07) is 4.54. The van der Waals surface area contributed by atoms with Gasteiger partial charge in [-0.25, -0.2) is 4.79 Å². The Kier molecular flexibility index (Phi) is 2.44. The lowest BCUT2D eigenvalue weighted by Gasteiger charge is -2.06. The van der Waals surface area contributed by atoms with Crippen LogP contribution in [0.3, 0.4) is 0 Å². The number of nitrogens with zero attached hydrogens (tertiary/aromatic N) is 5. The lowest BCUT2D eigenvalue weighted by Crippen LogP contribution is -2.22. The smallest absolute Gasteiger partial charge is 0.258 e. The van der Waals surface area contributed by atoms with Crippen LogP contribution >= 0.6 is 0 Å². The van der Waals surface area contributed by atoms with E-state index in [-0.39, 0.29) is 5.69 Å². The standard InChI is InChI=1S/C11H11N5O3/c1-14-11(17)15(13-12-14)10-6-8(16(18)19)4-5-9(10)7-2-3-7/h4-7H,2-3H2,1H3. The zero-order valence-corrected chi connectivity index (χ0v) is 10.2. The highest BCUT2D eigenvalue weighted by molar-refractivity contribution is 5.51. The molecule has 8 heteroatoms. The fourth-order valence-electron chi connectivity index (χ4n) is 2.03. The Hall–Kier alpha value is -2.51. The molecule has 3 rings (SSSR count). The molecule has 0 bridgehead atoms. The van der Waals surface area contributed by atoms with Gasteiger partial charge in [-0.2, -0.15) is 9.36 Å². The third-order valence-electron chi connectivity index (χ3n) is 3.19. The lowest BCUT2D eigenvalue weighted by molar-refractivity contribution is -0.384. The Morgan fingerprint density at radius 2 is 2.11 bits per heavy atom. The molecule has 0 amide bonds. The van der Waals surface area contributed by atoms with Crippen molar-refractivity contribution in [3.63, 3.8) is 0 Å². The van der Waals surface area contributed by atoms with E-state index in [1.165, 1.54) is 19.2 Å². The van der Waals surface area contributed by atoms with E-state index in [1.54, 1.807) is 6.07 Å². The summed E-state index contributed by atoms with van der Waals surface area (Å²) in [6.07, 6.45) is 2.06. The van der Waals surface area contributed by atoms with Crippen LogP contribution in [0.2, 0.25) is 0 Å². The van der Waals surface area contributed by atoms with Crippen LogP contribution in [0.5, 0.6) is 0 Å². The third kappa shape index (κ3) is 1.90. The predicted octanol–water partition coefficient (Wildman–Crippen LogP) is 0.752. The van der Waals surface area contributed by atoms with Gasteiger partial charge >= 0.3 is 5.69 Å². The average molecular weight is 261 g/mol. The van der Waals surface area contributed by atoms with Crippen LogP contribution in [0.4, 0.5) is 5.69 Å². The van der Waals surface area contributed by atoms with E-state index in [0.29, 0.717) is 11.6 Å². The molecule has 1 aromatic carbocycles. The van der Waals surface area contributed by atoms with E-state index in [0.717, 1.165) is 27.8 Å². The molecule has 0 atom stereocenters. The molecule has 2 aromatic rings. The van der Waals surface area contributed by atoms with Crippen molar-refractivity contribution in [3.05, 3.63) is 44.4 Å². The Morgan fingerprint density at radius 1 is 1.37 bits per heavy atom. The first kappa shape index (κ1) is 11.6. The zero-order chi connectivity index (χ0) is 13.6. The molecule has 0 unspecified atom stereocenters. The van der Waals surface area contributed by atoms with Crippen molar-refractivity contribution in [2.75, 3.05) is 0 Å². The fraction of sp³-hybridized carbons (Fsp3) is 0.364. The number of tetrazole rings is 1. The first-order valence-corrected chi connectivity index (χ1v) is 5.85. The summed E-state index contributed by atoms with van der Waals surface area (Å²) in [5, 5.41) is 18.2. The van der Waals surface area contributed by atoms with E-state index in [4.69, 9.17) is 0 Å². The summed E-state index contributed by atoms with van der Waals surface area (Å²) in [7, 11) is 1.49. The van der Waals surface area contributed by atoms with Crippen molar-refractivity contribution in [2.45, 2.75) is 18.8 Å². The molecule has 1 aliphatic carbocycles. The minimum absolute atomic E-state index is 0.0584. The van der Waals surface area contributed by atoms with Gasteiger partial charge in [0.2, 0.25) is 0 Å². The van der Waals surface area contributed by atoms with Crippen LogP contribution in [-0.2, 0) is 7.05 Å². The van der Waals surface area contributed by atoms with Crippen LogP contribution in [0, 0.1) is 10.1 Å². The number of aryl methyl sites for hydroxylation is 1. The van der Waals surface area contributed by atoms with Crippen molar-refractivity contribution >= 4 is 5.69 Å². The predicted molar refractivity (Wildman–Crippen MR) is 65.2 cm³/mol. The van der Waals surface area contributed by atoms with Gasteiger partial charge in [0, 0.05) is 19.2 Å². The van der Waals surface area contributed by atoms with Crippen molar-refractivity contribution < 1.29 is 4.92 Å². The molecular weight excluding hydrogens is 250 g/mol. The Balaban J connectivity index is 2.21. The van der Waals surface area contributed by atoms with Gasteiger partial charge in [-0.15, -0.1) is 0 Å². The Morgan fingerprint density at radius 3 is 2.63 bits per heavy atom. The molecule has 0 radical (unpaired) electrons. The summed E-state index contributed by atoms with van der Waals surface area (Å²) in [4.78, 5) is 22.2. The molecule has 0 N–H and O–H groups in total. The molecule has 98 valence electrons. The minimum atomic E-state index is -0.485. The van der Waals surface area contributed by atoms with Gasteiger partial charge in [0.05, 0.1) is 10.6 Å². The van der Waals surface area contributed by atoms with Gasteiger partial charge in [-0.1, -0.05) is 0 Å². The van der Waals surface area contributed by atoms with Gasteiger partial charge in [0.1, 0.15) is 0 Å². The second kappa shape index (κ2) is 4.01. The maximum atomic E-state index is 11.9. The van der Waals surface area contributed by atoms with Crippen LogP contribution < -0.4 is 5.69 Å². The molecule has 1 fully saturated rings. The van der Waals surface area contributed by atoms with Crippen molar-refractivity contribution in [1.29, 1.82) is 0 Å². The van der Waals surface area contributed by atoms with Crippen molar-refractivity contribution in [1.82, 2.24) is 19.8 Å². The molecule has 0 aliphatic heterocycles. The van der Waals surface area contributed by atoms with Crippen LogP contribution in [0.25, 0.3) is 5.69 Å². The summed E-state index contributed by atoms with van der Waals surface area (Å²) in [5.74, 6) is 0.352. The number of non-ortho nitro benzene ring substituents is 1. The number of rotatable bonds is 3. The van der Waals surface area contributed by atoms with Gasteiger partial charge in [0.15, 0.2) is 0 Å². The molecule has 19 heavy (non-hydrogen) atoms. The molecule has 1 aromatic heterocycles. The van der Waals surface area contributed by atoms with Crippen molar-refractivity contribution in [2.24, 2.45) is 7.05 Å². The highest BCUT2D eigenvalue weighted by atomic mass is 16.6. The number of aromatic nitrogens is 4. The second-order valence-electron chi connectivity index (χ2n) is 4.57. The number of nitro benzene ring substituents is 1. The maximum Gasteiger partial charge on any atom is 0.368 e. The quantitative estimate of drug-likeness (QED) is 0.600. The number of benzene rings is 1. The molecule has 1 saturated carbocycles. The van der Waals surface area contributed by atoms with Gasteiger partial charge in [-0.3, -0.25) is 10.1 Å². The van der Waals surface area contributed by atoms with Crippen molar-refractivity contribution in [3.8, 4) is 5.69 Å². The molecule has 8 nitrogen and oxygen atoms in total. The first-order valence-electron chi connectivity index (χ1n) is 5.85. The topological polar surface area (TPSA) is 95.8 Å². The summed E-state index contributed by atoms with van der Waals surface area (Å²) >= 11 is 0. The van der Waals surface area contributed by atoms with Gasteiger partial charge in [0.25, 0.3) is 5.69 Å². The molecule has 1 aliphatic rings. The highest BCUT2D eigenvalue weighted by Gasteiger charge is 2.29. The van der Waals surface area contributed by atoms with Crippen LogP contribution in [0.1, 0.15) is 24.3 Å². The monoisotopic (exact) mass is 261 g/mol. The molecule has 0 saturated heterocycles. The number of hydrogen-bond donors (Lipinski definition) is 0. The summed E-state index contributed by atoms with van der Waals surface area (Å²) < 4.78 is 2.20. The van der Waals surface area contributed by atoms with Gasteiger partial charge < -0.3 is 0 Å². The first-order chi connectivity index (χ1) is 9.08. The van der Waals surface area contributed by atoms with Crippen LogP contribution in [0.15, 0.2) is 23.0 Å². The number of nitro groups is 1. The summed E-state index contributed by atoms with van der Waals surface area (Å²) in [6.45, 7) is 0. The van der Waals surface area contributed by atoms with E-state index in [9.17, 15) is 14.9 Å². The van der Waals surface area contributed by atoms with E-state index < -0.39 is 10.6 Å². The van der Waals surface area contributed by atoms with E-state index in [1.807, 2.05) is 0 Å². The molecule has 1 heterocycles. The largest absolute Gasteiger partial charge is 0.368 e. The Bertz CT molecular complexity index is 713. The molecular formula is C11H11N5O3. The SMILES string of the molecule is Cn1nnn(-c2cc([N+](=O)[O-])ccc2C2CC2)c1=O.